The van der Waals surface area contributed by atoms with Crippen LogP contribution in [0.2, 0.25) is 0 Å². The fourth-order valence-electron chi connectivity index (χ4n) is 2.98. The first-order valence-electron chi connectivity index (χ1n) is 8.04. The molecule has 0 saturated carbocycles. The van der Waals surface area contributed by atoms with Gasteiger partial charge >= 0.3 is 0 Å². The van der Waals surface area contributed by atoms with Gasteiger partial charge in [0.05, 0.1) is 14.2 Å². The number of likely N-dealkylation sites (tertiary alicyclic amines) is 1. The molecule has 0 spiro atoms. The molecule has 0 aromatic heterocycles. The molecule has 1 fully saturated rings. The second-order valence-corrected chi connectivity index (χ2v) is 6.28. The number of piperidine rings is 1. The summed E-state index contributed by atoms with van der Waals surface area (Å²) < 4.78 is 10.7. The molecule has 0 bridgehead atoms. The van der Waals surface area contributed by atoms with E-state index in [1.807, 2.05) is 23.1 Å². The van der Waals surface area contributed by atoms with Gasteiger partial charge in [0.2, 0.25) is 5.91 Å². The Morgan fingerprint density at radius 1 is 1.27 bits per heavy atom. The van der Waals surface area contributed by atoms with E-state index in [4.69, 9.17) is 9.47 Å². The smallest absolute Gasteiger partial charge is 0.223 e. The Bertz CT molecular complexity index is 507. The highest BCUT2D eigenvalue weighted by Crippen LogP contribution is 2.32. The van der Waals surface area contributed by atoms with Crippen molar-refractivity contribution in [2.24, 2.45) is 5.92 Å². The van der Waals surface area contributed by atoms with E-state index in [9.17, 15) is 4.79 Å². The molecule has 1 aromatic rings. The molecule has 122 valence electrons. The second-order valence-electron chi connectivity index (χ2n) is 6.28. The first-order chi connectivity index (χ1) is 10.5. The summed E-state index contributed by atoms with van der Waals surface area (Å²) >= 11 is 0. The maximum absolute atomic E-state index is 12.5. The van der Waals surface area contributed by atoms with E-state index in [-0.39, 0.29) is 11.8 Å². The molecule has 1 aliphatic heterocycles. The summed E-state index contributed by atoms with van der Waals surface area (Å²) in [5, 5.41) is 0. The molecule has 0 radical (unpaired) electrons. The normalized spacial score (nSPS) is 17.2. The lowest BCUT2D eigenvalue weighted by Gasteiger charge is -2.31. The average molecular weight is 305 g/mol. The number of carbonyl (C=O) groups excluding carboxylic acids is 1. The third-order valence-corrected chi connectivity index (χ3v) is 4.59. The zero-order chi connectivity index (χ0) is 16.1. The van der Waals surface area contributed by atoms with Crippen LogP contribution in [0.15, 0.2) is 18.2 Å². The van der Waals surface area contributed by atoms with Crippen molar-refractivity contribution < 1.29 is 14.3 Å². The highest BCUT2D eigenvalue weighted by molar-refractivity contribution is 5.77. The van der Waals surface area contributed by atoms with Crippen molar-refractivity contribution in [3.8, 4) is 11.5 Å². The molecule has 4 heteroatoms. The van der Waals surface area contributed by atoms with E-state index in [1.54, 1.807) is 14.2 Å². The number of ether oxygens (including phenoxy) is 2. The van der Waals surface area contributed by atoms with Crippen LogP contribution in [0.1, 0.15) is 44.6 Å². The molecule has 1 atom stereocenters. The van der Waals surface area contributed by atoms with Crippen LogP contribution in [0.25, 0.3) is 0 Å². The van der Waals surface area contributed by atoms with Crippen LogP contribution < -0.4 is 9.47 Å². The fourth-order valence-corrected chi connectivity index (χ4v) is 2.98. The van der Waals surface area contributed by atoms with Crippen LogP contribution in [-0.4, -0.2) is 38.1 Å². The predicted molar refractivity (Wildman–Crippen MR) is 87.6 cm³/mol. The number of rotatable bonds is 5. The monoisotopic (exact) mass is 305 g/mol. The molecule has 1 saturated heterocycles. The van der Waals surface area contributed by atoms with Crippen LogP contribution in [0.5, 0.6) is 11.5 Å². The lowest BCUT2D eigenvalue weighted by Crippen LogP contribution is -2.38. The number of amides is 1. The number of hydrogen-bond donors (Lipinski definition) is 0. The van der Waals surface area contributed by atoms with E-state index < -0.39 is 0 Å². The van der Waals surface area contributed by atoms with Gasteiger partial charge in [-0.1, -0.05) is 19.9 Å². The van der Waals surface area contributed by atoms with Crippen molar-refractivity contribution in [1.29, 1.82) is 0 Å². The highest BCUT2D eigenvalue weighted by atomic mass is 16.5. The van der Waals surface area contributed by atoms with Crippen LogP contribution >= 0.6 is 0 Å². The number of nitrogens with zero attached hydrogens (tertiary/aromatic N) is 1. The maximum atomic E-state index is 12.5. The summed E-state index contributed by atoms with van der Waals surface area (Å²) in [4.78, 5) is 14.5. The SMILES string of the molecule is COc1ccc(C(C)CC(=O)N2CCC(C)CC2)c(OC)c1. The molecule has 1 heterocycles. The van der Waals surface area contributed by atoms with Gasteiger partial charge in [0.15, 0.2) is 0 Å². The molecule has 0 aliphatic carbocycles. The van der Waals surface area contributed by atoms with E-state index in [1.165, 1.54) is 0 Å². The lowest BCUT2D eigenvalue weighted by atomic mass is 9.94. The zero-order valence-corrected chi connectivity index (χ0v) is 14.1. The Morgan fingerprint density at radius 2 is 1.95 bits per heavy atom. The van der Waals surface area contributed by atoms with Gasteiger partial charge in [0, 0.05) is 25.6 Å². The molecule has 0 N–H and O–H groups in total. The van der Waals surface area contributed by atoms with Crippen LogP contribution in [0.3, 0.4) is 0 Å². The van der Waals surface area contributed by atoms with Gasteiger partial charge in [-0.3, -0.25) is 4.79 Å². The quantitative estimate of drug-likeness (QED) is 0.836. The highest BCUT2D eigenvalue weighted by Gasteiger charge is 2.23. The summed E-state index contributed by atoms with van der Waals surface area (Å²) in [6.07, 6.45) is 2.76. The van der Waals surface area contributed by atoms with Gasteiger partial charge in [-0.2, -0.15) is 0 Å². The maximum Gasteiger partial charge on any atom is 0.223 e. The summed E-state index contributed by atoms with van der Waals surface area (Å²) in [7, 11) is 3.29. The number of hydrogen-bond acceptors (Lipinski definition) is 3. The fraction of sp³-hybridized carbons (Fsp3) is 0.611. The second kappa shape index (κ2) is 7.52. The molecular weight excluding hydrogens is 278 g/mol. The third kappa shape index (κ3) is 3.93. The summed E-state index contributed by atoms with van der Waals surface area (Å²) in [6.45, 7) is 6.13. The van der Waals surface area contributed by atoms with Gasteiger partial charge < -0.3 is 14.4 Å². The summed E-state index contributed by atoms with van der Waals surface area (Å²) in [5.41, 5.74) is 1.06. The number of carbonyl (C=O) groups is 1. The molecule has 1 aromatic carbocycles. The van der Waals surface area contributed by atoms with E-state index in [0.29, 0.717) is 6.42 Å². The van der Waals surface area contributed by atoms with Crippen molar-refractivity contribution in [2.45, 2.75) is 39.0 Å². The van der Waals surface area contributed by atoms with Crippen LogP contribution in [0.4, 0.5) is 0 Å². The topological polar surface area (TPSA) is 38.8 Å². The molecular formula is C18H27NO3. The number of methoxy groups -OCH3 is 2. The first kappa shape index (κ1) is 16.7. The lowest BCUT2D eigenvalue weighted by molar-refractivity contribution is -0.132. The van der Waals surface area contributed by atoms with Gasteiger partial charge in [-0.05, 0) is 36.3 Å². The molecule has 1 amide bonds. The molecule has 4 nitrogen and oxygen atoms in total. The van der Waals surface area contributed by atoms with Crippen molar-refractivity contribution >= 4 is 5.91 Å². The van der Waals surface area contributed by atoms with Gasteiger partial charge in [0.25, 0.3) is 0 Å². The zero-order valence-electron chi connectivity index (χ0n) is 14.1. The van der Waals surface area contributed by atoms with Crippen molar-refractivity contribution in [3.05, 3.63) is 23.8 Å². The first-order valence-corrected chi connectivity index (χ1v) is 8.04. The van der Waals surface area contributed by atoms with Gasteiger partial charge in [-0.15, -0.1) is 0 Å². The van der Waals surface area contributed by atoms with Crippen molar-refractivity contribution in [2.75, 3.05) is 27.3 Å². The third-order valence-electron chi connectivity index (χ3n) is 4.59. The minimum atomic E-state index is 0.132. The summed E-state index contributed by atoms with van der Waals surface area (Å²) in [5.74, 6) is 2.67. The van der Waals surface area contributed by atoms with E-state index in [2.05, 4.69) is 13.8 Å². The number of benzene rings is 1. The minimum absolute atomic E-state index is 0.132. The Labute approximate surface area is 133 Å². The van der Waals surface area contributed by atoms with Crippen molar-refractivity contribution in [1.82, 2.24) is 4.90 Å². The Hall–Kier alpha value is -1.71. The average Bonchev–Trinajstić information content (AvgIpc) is 2.54. The Kier molecular flexibility index (Phi) is 5.69. The van der Waals surface area contributed by atoms with E-state index >= 15 is 0 Å². The van der Waals surface area contributed by atoms with Gasteiger partial charge in [-0.25, -0.2) is 0 Å². The largest absolute Gasteiger partial charge is 0.497 e. The van der Waals surface area contributed by atoms with E-state index in [0.717, 1.165) is 48.9 Å². The Morgan fingerprint density at radius 3 is 2.55 bits per heavy atom. The standard InChI is InChI=1S/C18H27NO3/c1-13-7-9-19(10-8-13)18(20)11-14(2)16-6-5-15(21-3)12-17(16)22-4/h5-6,12-14H,7-11H2,1-4H3. The molecule has 22 heavy (non-hydrogen) atoms. The van der Waals surface area contributed by atoms with Crippen LogP contribution in [-0.2, 0) is 4.79 Å². The molecule has 2 rings (SSSR count). The molecule has 1 aliphatic rings. The van der Waals surface area contributed by atoms with Crippen LogP contribution in [0, 0.1) is 5.92 Å². The Balaban J connectivity index is 2.02. The van der Waals surface area contributed by atoms with Gasteiger partial charge in [0.1, 0.15) is 11.5 Å². The summed E-state index contributed by atoms with van der Waals surface area (Å²) in [6, 6.07) is 5.79. The van der Waals surface area contributed by atoms with Crippen molar-refractivity contribution in [3.63, 3.8) is 0 Å². The minimum Gasteiger partial charge on any atom is -0.497 e. The molecule has 1 unspecified atom stereocenters. The predicted octanol–water partition coefficient (Wildman–Crippen LogP) is 3.46.